The van der Waals surface area contributed by atoms with Crippen LogP contribution < -0.4 is 20.9 Å². The van der Waals surface area contributed by atoms with E-state index < -0.39 is 64.9 Å². The third kappa shape index (κ3) is 682000. The van der Waals surface area contributed by atoms with Crippen LogP contribution in [0.3, 0.4) is 0 Å². The molecule has 0 aliphatic heterocycles. The molecule has 0 spiro atoms. The van der Waals surface area contributed by atoms with Gasteiger partial charge in [0.1, 0.15) is 0 Å². The van der Waals surface area contributed by atoms with Gasteiger partial charge in [0.25, 0.3) is 0 Å². The Balaban J connectivity index is -0.0000000476. The van der Waals surface area contributed by atoms with E-state index in [2.05, 4.69) is 0 Å². The Labute approximate surface area is 164 Å². The number of hydrogen-bond acceptors (Lipinski definition) is 20. The van der Waals surface area contributed by atoms with Crippen LogP contribution in [0.25, 0.3) is 0 Å². The van der Waals surface area contributed by atoms with E-state index in [0.717, 1.165) is 0 Å². The predicted molar refractivity (Wildman–Crippen MR) is 10.3 cm³/mol. The van der Waals surface area contributed by atoms with Gasteiger partial charge in [0.05, 0.1) is 0 Å². The Bertz CT molecular complexity index is 874. The van der Waals surface area contributed by atoms with Gasteiger partial charge in [-0.15, -0.1) is 0 Å². The zero-order valence-corrected chi connectivity index (χ0v) is 18.6. The molecule has 0 heterocycles. The molecule has 26 heavy (non-hydrogen) atoms. The Morgan fingerprint density at radius 3 is 0.269 bits per heavy atom. The summed E-state index contributed by atoms with van der Waals surface area (Å²) >= 11 is -28.1. The molecule has 0 N–H and O–H groups in total. The van der Waals surface area contributed by atoms with Gasteiger partial charge in [-0.3, -0.25) is 0 Å². The fraction of sp³-hybridized carbons (Fsp3) is 0. The quantitative estimate of drug-likeness (QED) is 0.213. The summed E-state index contributed by atoms with van der Waals surface area (Å²) in [7, 11) is 0. The standard InChI is InChI=1S/5Mn.Nb.20O/q;;;;;+5;;;;;;;;;;;;;;;;5*-1. The molecule has 0 bridgehead atoms. The van der Waals surface area contributed by atoms with Crippen molar-refractivity contribution in [3.05, 3.63) is 0 Å². The molecular formula is Mn5NbO20. The van der Waals surface area contributed by atoms with E-state index in [9.17, 15) is 0 Å². The molecule has 0 amide bonds. The van der Waals surface area contributed by atoms with Gasteiger partial charge < -0.3 is 0 Å². The van der Waals surface area contributed by atoms with Gasteiger partial charge in [-0.1, -0.05) is 0 Å². The average molecular weight is 688 g/mol. The summed E-state index contributed by atoms with van der Waals surface area (Å²) in [6, 6.07) is 0. The van der Waals surface area contributed by atoms with E-state index in [4.69, 9.17) is 78.5 Å². The Hall–Kier alpha value is 0.138. The van der Waals surface area contributed by atoms with Crippen LogP contribution in [0.2, 0.25) is 0 Å². The molecular weight excluding hydrogens is 688 g/mol. The molecule has 0 atom stereocenters. The fourth-order valence-electron chi connectivity index (χ4n) is 0. The van der Waals surface area contributed by atoms with Crippen molar-refractivity contribution in [1.82, 2.24) is 0 Å². The van der Waals surface area contributed by atoms with Gasteiger partial charge in [-0.2, -0.15) is 0 Å². The van der Waals surface area contributed by atoms with Crippen LogP contribution in [0.1, 0.15) is 0 Å². The van der Waals surface area contributed by atoms with Crippen LogP contribution in [0.15, 0.2) is 0 Å². The van der Waals surface area contributed by atoms with Crippen molar-refractivity contribution in [2.24, 2.45) is 0 Å². The molecule has 0 aromatic heterocycles. The first kappa shape index (κ1) is 40.7. The Kier molecular flexibility index (Phi) is 25.3. The fourth-order valence-corrected chi connectivity index (χ4v) is 0. The summed E-state index contributed by atoms with van der Waals surface area (Å²) in [5.74, 6) is 0. The van der Waals surface area contributed by atoms with Crippen molar-refractivity contribution in [2.45, 2.75) is 0 Å². The van der Waals surface area contributed by atoms with Gasteiger partial charge in [0.2, 0.25) is 0 Å². The number of hydrogen-bond donors (Lipinski definition) is 0. The molecule has 26 heteroatoms. The first-order chi connectivity index (χ1) is 10.0. The molecule has 0 aliphatic rings. The summed E-state index contributed by atoms with van der Waals surface area (Å²) in [5.41, 5.74) is 0. The zero-order valence-electron chi connectivity index (χ0n) is 10.5. The first-order valence-electron chi connectivity index (χ1n) is 3.09. The van der Waals surface area contributed by atoms with E-state index >= 15 is 0 Å². The molecule has 0 saturated heterocycles. The van der Waals surface area contributed by atoms with E-state index in [1.165, 1.54) is 0 Å². The van der Waals surface area contributed by atoms with Gasteiger partial charge >= 0.3 is 166 Å². The van der Waals surface area contributed by atoms with Crippen LogP contribution in [-0.4, -0.2) is 0 Å². The minimum atomic E-state index is -5.62. The molecule has 160 valence electrons. The van der Waals surface area contributed by atoms with Crippen LogP contribution in [0, 0.1) is 0 Å². The van der Waals surface area contributed by atoms with Crippen LogP contribution >= 0.6 is 0 Å². The number of rotatable bonds is 0. The molecule has 0 radical (unpaired) electrons. The average Bonchev–Trinajstić information content (AvgIpc) is 1.79. The van der Waals surface area contributed by atoms with E-state index in [1.54, 1.807) is 0 Å². The topological polar surface area (TPSA) is 371 Å². The molecule has 0 aromatic rings. The third-order valence-electron chi connectivity index (χ3n) is 0. The first-order valence-corrected chi connectivity index (χ1v) is 12.7. The SMILES string of the molecule is [Nb+5].[O]=[Mn](=[O])(=[O])[O-].[O]=[Mn](=[O])(=[O])[O-].[O]=[Mn](=[O])(=[O])[O-].[O]=[Mn](=[O])(=[O])[O-].[O]=[Mn](=[O])(=[O])[O-]. The van der Waals surface area contributed by atoms with Crippen molar-refractivity contribution in [3.63, 3.8) is 0 Å². The van der Waals surface area contributed by atoms with E-state index in [-0.39, 0.29) is 22.4 Å². The van der Waals surface area contributed by atoms with Gasteiger partial charge in [-0.25, -0.2) is 0 Å². The summed E-state index contributed by atoms with van der Waals surface area (Å²) in [4.78, 5) is 0. The monoisotopic (exact) mass is 687 g/mol. The maximum absolute atomic E-state index is 8.58. The zero-order chi connectivity index (χ0) is 22.5. The van der Waals surface area contributed by atoms with E-state index in [1.807, 2.05) is 0 Å². The van der Waals surface area contributed by atoms with Crippen LogP contribution in [0.4, 0.5) is 0 Å². The molecule has 20 nitrogen and oxygen atoms in total. The molecule has 0 rings (SSSR count). The second kappa shape index (κ2) is 16.1. The normalized spacial score (nSPS) is 11.0. The second-order valence-electron chi connectivity index (χ2n) is 1.89. The summed E-state index contributed by atoms with van der Waals surface area (Å²) in [6.07, 6.45) is 0. The maximum atomic E-state index is 8.58. The Morgan fingerprint density at radius 1 is 0.269 bits per heavy atom. The Morgan fingerprint density at radius 2 is 0.269 bits per heavy atom. The third-order valence-corrected chi connectivity index (χ3v) is 0. The van der Waals surface area contributed by atoms with Crippen molar-refractivity contribution in [3.8, 4) is 0 Å². The summed E-state index contributed by atoms with van der Waals surface area (Å²) in [5, 5.41) is 0. The van der Waals surface area contributed by atoms with Gasteiger partial charge in [-0.05, 0) is 0 Å². The summed E-state index contributed by atoms with van der Waals surface area (Å²) < 4.78 is 172. The molecule has 0 saturated carbocycles. The van der Waals surface area contributed by atoms with Crippen molar-refractivity contribution in [2.75, 3.05) is 0 Å². The minimum absolute atomic E-state index is 0. The van der Waals surface area contributed by atoms with Gasteiger partial charge in [0.15, 0.2) is 0 Å². The molecule has 0 aliphatic carbocycles. The van der Waals surface area contributed by atoms with Crippen molar-refractivity contribution >= 4 is 0 Å². The van der Waals surface area contributed by atoms with Crippen LogP contribution in [0.5, 0.6) is 0 Å². The molecule has 0 aromatic carbocycles. The van der Waals surface area contributed by atoms with Crippen molar-refractivity contribution < 1.29 is 166 Å². The second-order valence-corrected chi connectivity index (χ2v) is 7.79. The summed E-state index contributed by atoms with van der Waals surface area (Å²) in [6.45, 7) is 0. The van der Waals surface area contributed by atoms with Crippen LogP contribution in [-0.2, 0) is 145 Å². The van der Waals surface area contributed by atoms with Crippen molar-refractivity contribution in [1.29, 1.82) is 0 Å². The molecule has 0 fully saturated rings. The molecule has 0 unspecified atom stereocenters. The predicted octanol–water partition coefficient (Wildman–Crippen LogP) is -7.74. The van der Waals surface area contributed by atoms with E-state index in [0.29, 0.717) is 0 Å². The van der Waals surface area contributed by atoms with Gasteiger partial charge in [0, 0.05) is 0 Å².